The normalized spacial score (nSPS) is 14.6. The summed E-state index contributed by atoms with van der Waals surface area (Å²) >= 11 is 8.34. The van der Waals surface area contributed by atoms with Gasteiger partial charge in [0.2, 0.25) is 11.8 Å². The summed E-state index contributed by atoms with van der Waals surface area (Å²) in [5.74, 6) is 0.0601. The first-order chi connectivity index (χ1) is 15.1. The summed E-state index contributed by atoms with van der Waals surface area (Å²) in [4.78, 5) is 31.7. The van der Waals surface area contributed by atoms with Crippen molar-refractivity contribution in [1.82, 2.24) is 10.3 Å². The SMILES string of the molecule is Cc1cnc(CNC(=O)c2cc(I)c3c(c2)N(Cc2c(F)cccc2Cl)C(=O)C3(C)C)o1. The number of hydrogen-bond acceptors (Lipinski definition) is 4. The minimum atomic E-state index is -0.825. The van der Waals surface area contributed by atoms with Crippen LogP contribution in [0.4, 0.5) is 10.1 Å². The van der Waals surface area contributed by atoms with Crippen molar-refractivity contribution in [1.29, 1.82) is 0 Å². The van der Waals surface area contributed by atoms with Gasteiger partial charge in [-0.3, -0.25) is 9.59 Å². The standard InChI is InChI=1S/C23H20ClFIN3O3/c1-12-9-27-19(32-12)10-28-21(30)13-7-17(26)20-18(8-13)29(22(31)23(20,2)3)11-14-15(24)5-4-6-16(14)25/h4-9H,10-11H2,1-3H3,(H,28,30). The molecule has 166 valence electrons. The average Bonchev–Trinajstić information content (AvgIpc) is 3.23. The van der Waals surface area contributed by atoms with E-state index in [-0.39, 0.29) is 35.5 Å². The number of hydrogen-bond donors (Lipinski definition) is 1. The molecule has 0 saturated carbocycles. The van der Waals surface area contributed by atoms with Gasteiger partial charge in [-0.2, -0.15) is 0 Å². The third-order valence-corrected chi connectivity index (χ3v) is 6.68. The first-order valence-electron chi connectivity index (χ1n) is 9.88. The first kappa shape index (κ1) is 22.7. The molecule has 0 fully saturated rings. The second-order valence-corrected chi connectivity index (χ2v) is 9.69. The molecule has 0 bridgehead atoms. The third-order valence-electron chi connectivity index (χ3n) is 5.47. The minimum Gasteiger partial charge on any atom is -0.444 e. The summed E-state index contributed by atoms with van der Waals surface area (Å²) in [6.07, 6.45) is 1.58. The highest BCUT2D eigenvalue weighted by Crippen LogP contribution is 2.45. The molecule has 0 radical (unpaired) electrons. The lowest BCUT2D eigenvalue weighted by atomic mass is 9.86. The molecule has 32 heavy (non-hydrogen) atoms. The van der Waals surface area contributed by atoms with E-state index < -0.39 is 11.2 Å². The summed E-state index contributed by atoms with van der Waals surface area (Å²) in [6.45, 7) is 5.53. The molecular formula is C23H20ClFIN3O3. The number of aryl methyl sites for hydroxylation is 1. The Bertz CT molecular complexity index is 1220. The molecule has 3 aromatic rings. The summed E-state index contributed by atoms with van der Waals surface area (Å²) in [7, 11) is 0. The van der Waals surface area contributed by atoms with Gasteiger partial charge in [0.05, 0.1) is 30.4 Å². The third kappa shape index (κ3) is 4.01. The number of oxazole rings is 1. The van der Waals surface area contributed by atoms with Gasteiger partial charge in [0.1, 0.15) is 11.6 Å². The van der Waals surface area contributed by atoms with E-state index in [2.05, 4.69) is 32.9 Å². The van der Waals surface area contributed by atoms with Crippen LogP contribution in [0.15, 0.2) is 40.9 Å². The van der Waals surface area contributed by atoms with Crippen LogP contribution in [0, 0.1) is 16.3 Å². The molecule has 2 amide bonds. The van der Waals surface area contributed by atoms with Crippen molar-refractivity contribution in [2.45, 2.75) is 39.3 Å². The van der Waals surface area contributed by atoms with E-state index in [0.29, 0.717) is 22.9 Å². The highest BCUT2D eigenvalue weighted by Gasteiger charge is 2.46. The number of halogens is 3. The second-order valence-electron chi connectivity index (χ2n) is 8.12. The van der Waals surface area contributed by atoms with Gasteiger partial charge >= 0.3 is 0 Å². The molecule has 6 nitrogen and oxygen atoms in total. The Morgan fingerprint density at radius 1 is 1.34 bits per heavy atom. The molecule has 1 aliphatic heterocycles. The van der Waals surface area contributed by atoms with E-state index in [4.69, 9.17) is 16.0 Å². The van der Waals surface area contributed by atoms with E-state index in [1.807, 2.05) is 13.8 Å². The smallest absolute Gasteiger partial charge is 0.251 e. The predicted molar refractivity (Wildman–Crippen MR) is 127 cm³/mol. The van der Waals surface area contributed by atoms with Gasteiger partial charge in [-0.25, -0.2) is 9.37 Å². The second kappa shape index (κ2) is 8.47. The molecule has 0 aliphatic carbocycles. The van der Waals surface area contributed by atoms with Crippen molar-refractivity contribution >= 4 is 51.7 Å². The number of anilines is 1. The van der Waals surface area contributed by atoms with Gasteiger partial charge in [0.15, 0.2) is 0 Å². The zero-order valence-electron chi connectivity index (χ0n) is 17.6. The number of fused-ring (bicyclic) bond motifs is 1. The molecule has 1 aromatic heterocycles. The van der Waals surface area contributed by atoms with Gasteiger partial charge in [0, 0.05) is 25.3 Å². The Labute approximate surface area is 203 Å². The molecule has 9 heteroatoms. The minimum absolute atomic E-state index is 0.0302. The number of benzene rings is 2. The van der Waals surface area contributed by atoms with Crippen LogP contribution in [0.1, 0.15) is 47.0 Å². The Balaban J connectivity index is 1.69. The number of nitrogens with one attached hydrogen (secondary N) is 1. The van der Waals surface area contributed by atoms with Crippen molar-refractivity contribution in [3.8, 4) is 0 Å². The molecule has 4 rings (SSSR count). The Kier molecular flexibility index (Phi) is 6.02. The fourth-order valence-corrected chi connectivity index (χ4v) is 5.36. The van der Waals surface area contributed by atoms with Crippen molar-refractivity contribution in [3.05, 3.63) is 79.3 Å². The van der Waals surface area contributed by atoms with E-state index in [0.717, 1.165) is 9.13 Å². The Morgan fingerprint density at radius 2 is 2.09 bits per heavy atom. The summed E-state index contributed by atoms with van der Waals surface area (Å²) < 4.78 is 20.6. The molecule has 0 saturated heterocycles. The van der Waals surface area contributed by atoms with Crippen LogP contribution >= 0.6 is 34.2 Å². The van der Waals surface area contributed by atoms with Crippen molar-refractivity contribution in [3.63, 3.8) is 0 Å². The first-order valence-corrected chi connectivity index (χ1v) is 11.3. The van der Waals surface area contributed by atoms with Gasteiger partial charge in [-0.05, 0) is 67.6 Å². The summed E-state index contributed by atoms with van der Waals surface area (Å²) in [5.41, 5.74) is 1.16. The molecule has 1 N–H and O–H groups in total. The lowest BCUT2D eigenvalue weighted by Crippen LogP contribution is -2.36. The molecular weight excluding hydrogens is 548 g/mol. The van der Waals surface area contributed by atoms with Crippen LogP contribution in [-0.4, -0.2) is 16.8 Å². The van der Waals surface area contributed by atoms with Crippen molar-refractivity contribution in [2.75, 3.05) is 4.90 Å². The van der Waals surface area contributed by atoms with Crippen LogP contribution in [0.2, 0.25) is 5.02 Å². The largest absolute Gasteiger partial charge is 0.444 e. The molecule has 2 aromatic carbocycles. The Hall–Kier alpha value is -2.46. The monoisotopic (exact) mass is 567 g/mol. The van der Waals surface area contributed by atoms with Crippen molar-refractivity contribution in [2.24, 2.45) is 0 Å². The molecule has 0 unspecified atom stereocenters. The van der Waals surface area contributed by atoms with Gasteiger partial charge in [0.25, 0.3) is 5.91 Å². The maximum Gasteiger partial charge on any atom is 0.251 e. The topological polar surface area (TPSA) is 75.4 Å². The maximum absolute atomic E-state index is 14.4. The number of rotatable bonds is 5. The molecule has 1 aliphatic rings. The zero-order chi connectivity index (χ0) is 23.2. The number of amides is 2. The Morgan fingerprint density at radius 3 is 2.75 bits per heavy atom. The highest BCUT2D eigenvalue weighted by atomic mass is 127. The summed E-state index contributed by atoms with van der Waals surface area (Å²) in [6, 6.07) is 7.82. The number of nitrogens with zero attached hydrogens (tertiary/aromatic N) is 2. The van der Waals surface area contributed by atoms with Crippen LogP contribution in [-0.2, 0) is 23.3 Å². The van der Waals surface area contributed by atoms with E-state index >= 15 is 0 Å². The van der Waals surface area contributed by atoms with Crippen molar-refractivity contribution < 1.29 is 18.4 Å². The fourth-order valence-electron chi connectivity index (χ4n) is 3.85. The molecule has 2 heterocycles. The van der Waals surface area contributed by atoms with E-state index in [1.165, 1.54) is 17.0 Å². The van der Waals surface area contributed by atoms with Gasteiger partial charge in [-0.15, -0.1) is 0 Å². The fraction of sp³-hybridized carbons (Fsp3) is 0.261. The number of carbonyl (C=O) groups excluding carboxylic acids is 2. The molecule has 0 atom stereocenters. The highest BCUT2D eigenvalue weighted by molar-refractivity contribution is 14.1. The van der Waals surface area contributed by atoms with E-state index in [9.17, 15) is 14.0 Å². The van der Waals surface area contributed by atoms with Gasteiger partial charge < -0.3 is 14.6 Å². The maximum atomic E-state index is 14.4. The van der Waals surface area contributed by atoms with Crippen LogP contribution in [0.3, 0.4) is 0 Å². The van der Waals surface area contributed by atoms with Crippen LogP contribution in [0.25, 0.3) is 0 Å². The number of carbonyl (C=O) groups is 2. The lowest BCUT2D eigenvalue weighted by molar-refractivity contribution is -0.122. The quantitative estimate of drug-likeness (QED) is 0.434. The van der Waals surface area contributed by atoms with Crippen LogP contribution < -0.4 is 10.2 Å². The molecule has 0 spiro atoms. The predicted octanol–water partition coefficient (Wildman–Crippen LogP) is 5.13. The van der Waals surface area contributed by atoms with Crippen LogP contribution in [0.5, 0.6) is 0 Å². The summed E-state index contributed by atoms with van der Waals surface area (Å²) in [5, 5.41) is 3.02. The lowest BCUT2D eigenvalue weighted by Gasteiger charge is -2.21. The van der Waals surface area contributed by atoms with Gasteiger partial charge in [-0.1, -0.05) is 17.7 Å². The number of aromatic nitrogens is 1. The average molecular weight is 568 g/mol. The van der Waals surface area contributed by atoms with E-state index in [1.54, 1.807) is 31.3 Å². The zero-order valence-corrected chi connectivity index (χ0v) is 20.5.